The molecule has 0 unspecified atom stereocenters. The molecule has 0 bridgehead atoms. The van der Waals surface area contributed by atoms with Gasteiger partial charge in [0, 0.05) is 20.3 Å². The fraction of sp³-hybridized carbons (Fsp3) is 0.357. The molecule has 112 valence electrons. The van der Waals surface area contributed by atoms with Crippen molar-refractivity contribution in [1.29, 1.82) is 0 Å². The molecule has 0 saturated carbocycles. The quantitative estimate of drug-likeness (QED) is 0.819. The Hall–Kier alpha value is -2.28. The van der Waals surface area contributed by atoms with Crippen LogP contribution in [0, 0.1) is 12.7 Å². The van der Waals surface area contributed by atoms with E-state index in [2.05, 4.69) is 15.4 Å². The van der Waals surface area contributed by atoms with Crippen molar-refractivity contribution in [2.45, 2.75) is 13.3 Å². The van der Waals surface area contributed by atoms with Crippen LogP contribution in [0.3, 0.4) is 0 Å². The van der Waals surface area contributed by atoms with Gasteiger partial charge in [0.1, 0.15) is 11.6 Å². The van der Waals surface area contributed by atoms with Gasteiger partial charge in [-0.1, -0.05) is 0 Å². The summed E-state index contributed by atoms with van der Waals surface area (Å²) in [7, 11) is 1.61. The van der Waals surface area contributed by atoms with Gasteiger partial charge < -0.3 is 10.1 Å². The van der Waals surface area contributed by atoms with Crippen LogP contribution in [-0.2, 0) is 4.74 Å². The van der Waals surface area contributed by atoms with Crippen molar-refractivity contribution in [2.75, 3.05) is 20.3 Å². The maximum atomic E-state index is 12.9. The number of nitrogens with zero attached hydrogens (tertiary/aromatic N) is 3. The van der Waals surface area contributed by atoms with E-state index in [9.17, 15) is 9.18 Å². The number of halogens is 1. The van der Waals surface area contributed by atoms with Crippen LogP contribution in [0.25, 0.3) is 5.69 Å². The van der Waals surface area contributed by atoms with Gasteiger partial charge in [-0.05, 0) is 37.6 Å². The highest BCUT2D eigenvalue weighted by Gasteiger charge is 2.14. The van der Waals surface area contributed by atoms with Crippen LogP contribution < -0.4 is 5.32 Å². The molecular weight excluding hydrogens is 275 g/mol. The number of aromatic nitrogens is 3. The Morgan fingerprint density at radius 1 is 1.38 bits per heavy atom. The molecule has 0 spiro atoms. The normalized spacial score (nSPS) is 10.6. The first kappa shape index (κ1) is 15.1. The topological polar surface area (TPSA) is 69.0 Å². The van der Waals surface area contributed by atoms with Gasteiger partial charge in [-0.3, -0.25) is 4.79 Å². The summed E-state index contributed by atoms with van der Waals surface area (Å²) >= 11 is 0. The van der Waals surface area contributed by atoms with Crippen LogP contribution in [-0.4, -0.2) is 40.9 Å². The maximum absolute atomic E-state index is 12.9. The molecule has 1 amide bonds. The van der Waals surface area contributed by atoms with Crippen molar-refractivity contribution in [2.24, 2.45) is 0 Å². The lowest BCUT2D eigenvalue weighted by molar-refractivity contribution is 0.0938. The van der Waals surface area contributed by atoms with Gasteiger partial charge in [0.2, 0.25) is 5.82 Å². The highest BCUT2D eigenvalue weighted by molar-refractivity contribution is 5.90. The molecule has 0 fully saturated rings. The van der Waals surface area contributed by atoms with Gasteiger partial charge in [0.25, 0.3) is 5.91 Å². The molecule has 21 heavy (non-hydrogen) atoms. The predicted molar refractivity (Wildman–Crippen MR) is 74.9 cm³/mol. The van der Waals surface area contributed by atoms with Crippen LogP contribution in [0.4, 0.5) is 4.39 Å². The number of amides is 1. The second-order valence-electron chi connectivity index (χ2n) is 4.47. The first-order chi connectivity index (χ1) is 10.1. The Labute approximate surface area is 121 Å². The van der Waals surface area contributed by atoms with Crippen molar-refractivity contribution >= 4 is 5.91 Å². The smallest absolute Gasteiger partial charge is 0.290 e. The van der Waals surface area contributed by atoms with Crippen molar-refractivity contribution < 1.29 is 13.9 Å². The zero-order valence-corrected chi connectivity index (χ0v) is 12.0. The Bertz CT molecular complexity index is 610. The third kappa shape index (κ3) is 3.85. The lowest BCUT2D eigenvalue weighted by Gasteiger charge is -2.02. The number of ether oxygens (including phenoxy) is 1. The van der Waals surface area contributed by atoms with E-state index in [4.69, 9.17) is 4.74 Å². The van der Waals surface area contributed by atoms with E-state index in [0.717, 1.165) is 6.42 Å². The molecule has 0 saturated heterocycles. The average molecular weight is 292 g/mol. The number of hydrogen-bond donors (Lipinski definition) is 1. The summed E-state index contributed by atoms with van der Waals surface area (Å²) < 4.78 is 19.3. The molecule has 1 aromatic heterocycles. The summed E-state index contributed by atoms with van der Waals surface area (Å²) in [6, 6.07) is 5.83. The number of rotatable bonds is 6. The monoisotopic (exact) mass is 292 g/mol. The Morgan fingerprint density at radius 3 is 2.76 bits per heavy atom. The molecule has 2 aromatic rings. The number of nitrogens with one attached hydrogen (secondary N) is 1. The van der Waals surface area contributed by atoms with Gasteiger partial charge in [-0.15, -0.1) is 5.10 Å². The minimum Gasteiger partial charge on any atom is -0.385 e. The molecule has 0 aliphatic heterocycles. The van der Waals surface area contributed by atoms with E-state index < -0.39 is 0 Å². The number of carbonyl (C=O) groups excluding carboxylic acids is 1. The third-order valence-corrected chi connectivity index (χ3v) is 2.85. The van der Waals surface area contributed by atoms with E-state index in [1.54, 1.807) is 26.2 Å². The summed E-state index contributed by atoms with van der Waals surface area (Å²) in [5.41, 5.74) is 0.653. The standard InChI is InChI=1S/C14H17FN4O2/c1-10-17-13(14(20)16-8-3-9-21-2)18-19(10)12-6-4-11(15)5-7-12/h4-7H,3,8-9H2,1-2H3,(H,16,20). The fourth-order valence-corrected chi connectivity index (χ4v) is 1.81. The number of carbonyl (C=O) groups is 1. The molecular formula is C14H17FN4O2. The Balaban J connectivity index is 2.08. The van der Waals surface area contributed by atoms with Gasteiger partial charge in [-0.25, -0.2) is 14.1 Å². The lowest BCUT2D eigenvalue weighted by atomic mass is 10.3. The molecule has 1 heterocycles. The molecule has 0 aliphatic carbocycles. The molecule has 0 radical (unpaired) electrons. The summed E-state index contributed by atoms with van der Waals surface area (Å²) in [5, 5.41) is 6.87. The average Bonchev–Trinajstić information content (AvgIpc) is 2.86. The predicted octanol–water partition coefficient (Wildman–Crippen LogP) is 1.48. The first-order valence-electron chi connectivity index (χ1n) is 6.58. The molecule has 1 aromatic carbocycles. The number of methoxy groups -OCH3 is 1. The molecule has 1 N–H and O–H groups in total. The summed E-state index contributed by atoms with van der Waals surface area (Å²) in [5.74, 6) is -0.0133. The van der Waals surface area contributed by atoms with Crippen LogP contribution in [0.5, 0.6) is 0 Å². The number of aryl methyl sites for hydroxylation is 1. The number of hydrogen-bond acceptors (Lipinski definition) is 4. The highest BCUT2D eigenvalue weighted by Crippen LogP contribution is 2.10. The van der Waals surface area contributed by atoms with E-state index in [-0.39, 0.29) is 17.5 Å². The minimum atomic E-state index is -0.338. The van der Waals surface area contributed by atoms with Crippen LogP contribution >= 0.6 is 0 Å². The van der Waals surface area contributed by atoms with E-state index in [1.807, 2.05) is 0 Å². The Kier molecular flexibility index (Phi) is 4.99. The number of benzene rings is 1. The minimum absolute atomic E-state index is 0.0919. The lowest BCUT2D eigenvalue weighted by Crippen LogP contribution is -2.26. The van der Waals surface area contributed by atoms with E-state index in [0.29, 0.717) is 24.7 Å². The second-order valence-corrected chi connectivity index (χ2v) is 4.47. The fourth-order valence-electron chi connectivity index (χ4n) is 1.81. The van der Waals surface area contributed by atoms with Crippen LogP contribution in [0.2, 0.25) is 0 Å². The van der Waals surface area contributed by atoms with E-state index in [1.165, 1.54) is 16.8 Å². The zero-order chi connectivity index (χ0) is 15.2. The molecule has 6 nitrogen and oxygen atoms in total. The molecule has 0 atom stereocenters. The first-order valence-corrected chi connectivity index (χ1v) is 6.58. The molecule has 7 heteroatoms. The zero-order valence-electron chi connectivity index (χ0n) is 12.0. The third-order valence-electron chi connectivity index (χ3n) is 2.85. The van der Waals surface area contributed by atoms with Crippen molar-refractivity contribution in [3.05, 3.63) is 41.7 Å². The highest BCUT2D eigenvalue weighted by atomic mass is 19.1. The largest absolute Gasteiger partial charge is 0.385 e. The summed E-state index contributed by atoms with van der Waals surface area (Å²) in [4.78, 5) is 16.0. The molecule has 2 rings (SSSR count). The summed E-state index contributed by atoms with van der Waals surface area (Å²) in [6.07, 6.45) is 0.722. The van der Waals surface area contributed by atoms with Crippen LogP contribution in [0.1, 0.15) is 22.9 Å². The van der Waals surface area contributed by atoms with E-state index >= 15 is 0 Å². The second kappa shape index (κ2) is 6.94. The Morgan fingerprint density at radius 2 is 2.10 bits per heavy atom. The summed E-state index contributed by atoms with van der Waals surface area (Å²) in [6.45, 7) is 2.81. The van der Waals surface area contributed by atoms with Gasteiger partial charge in [-0.2, -0.15) is 0 Å². The van der Waals surface area contributed by atoms with Crippen LogP contribution in [0.15, 0.2) is 24.3 Å². The van der Waals surface area contributed by atoms with Gasteiger partial charge in [0.15, 0.2) is 0 Å². The van der Waals surface area contributed by atoms with Crippen molar-refractivity contribution in [1.82, 2.24) is 20.1 Å². The van der Waals surface area contributed by atoms with Gasteiger partial charge in [0.05, 0.1) is 5.69 Å². The van der Waals surface area contributed by atoms with Crippen molar-refractivity contribution in [3.63, 3.8) is 0 Å². The van der Waals surface area contributed by atoms with Gasteiger partial charge >= 0.3 is 0 Å². The van der Waals surface area contributed by atoms with Crippen molar-refractivity contribution in [3.8, 4) is 5.69 Å². The SMILES string of the molecule is COCCCNC(=O)c1nc(C)n(-c2ccc(F)cc2)n1. The maximum Gasteiger partial charge on any atom is 0.290 e. The molecule has 0 aliphatic rings.